The van der Waals surface area contributed by atoms with Gasteiger partial charge in [0.25, 0.3) is 5.91 Å². The summed E-state index contributed by atoms with van der Waals surface area (Å²) in [6.45, 7) is 2.08. The molecular formula is C39H34BrN11O3. The van der Waals surface area contributed by atoms with E-state index in [9.17, 15) is 14.4 Å². The van der Waals surface area contributed by atoms with Gasteiger partial charge in [-0.2, -0.15) is 10.1 Å². The quantitative estimate of drug-likeness (QED) is 0.152. The smallest absolute Gasteiger partial charge is 0.255 e. The third kappa shape index (κ3) is 6.51. The SMILES string of the molecule is O=C1CCC(N2Cc3c(Nc4ccnc(Nc5ccc(N6CCC(n7cc(-c8cnc9cccc(Br)c9n8)cn7)CC6)cc5)n4)cccc3C2=O)C(=O)N1. The van der Waals surface area contributed by atoms with Gasteiger partial charge in [0.2, 0.25) is 17.8 Å². The number of rotatable bonds is 8. The van der Waals surface area contributed by atoms with Crippen molar-refractivity contribution in [2.24, 2.45) is 0 Å². The van der Waals surface area contributed by atoms with Crippen molar-refractivity contribution in [3.05, 3.63) is 107 Å². The van der Waals surface area contributed by atoms with Crippen LogP contribution in [0.25, 0.3) is 22.3 Å². The Hall–Kier alpha value is -6.22. The van der Waals surface area contributed by atoms with Gasteiger partial charge >= 0.3 is 0 Å². The van der Waals surface area contributed by atoms with Gasteiger partial charge < -0.3 is 20.4 Å². The average Bonchev–Trinajstić information content (AvgIpc) is 3.81. The lowest BCUT2D eigenvalue weighted by Gasteiger charge is -2.33. The Labute approximate surface area is 318 Å². The largest absolute Gasteiger partial charge is 0.371 e. The Bertz CT molecular complexity index is 2430. The van der Waals surface area contributed by atoms with E-state index in [1.165, 1.54) is 4.90 Å². The van der Waals surface area contributed by atoms with E-state index in [0.717, 1.165) is 69.6 Å². The van der Waals surface area contributed by atoms with E-state index in [0.29, 0.717) is 35.5 Å². The fourth-order valence-corrected chi connectivity index (χ4v) is 7.85. The highest BCUT2D eigenvalue weighted by molar-refractivity contribution is 9.10. The highest BCUT2D eigenvalue weighted by atomic mass is 79.9. The maximum atomic E-state index is 13.3. The molecule has 0 saturated carbocycles. The number of aromatic nitrogens is 6. The van der Waals surface area contributed by atoms with Crippen molar-refractivity contribution in [3.63, 3.8) is 0 Å². The van der Waals surface area contributed by atoms with Gasteiger partial charge in [0.05, 0.1) is 29.6 Å². The van der Waals surface area contributed by atoms with E-state index in [4.69, 9.17) is 10.1 Å². The molecule has 3 N–H and O–H groups in total. The second-order valence-electron chi connectivity index (χ2n) is 13.6. The van der Waals surface area contributed by atoms with Crippen molar-refractivity contribution >= 4 is 73.5 Å². The summed E-state index contributed by atoms with van der Waals surface area (Å²) in [5, 5.41) is 13.7. The van der Waals surface area contributed by atoms with Crippen molar-refractivity contribution < 1.29 is 14.4 Å². The van der Waals surface area contributed by atoms with Crippen molar-refractivity contribution in [2.75, 3.05) is 28.6 Å². The number of para-hydroxylation sites is 1. The molecule has 0 spiro atoms. The third-order valence-corrected chi connectivity index (χ3v) is 10.9. The molecule has 3 aromatic carbocycles. The van der Waals surface area contributed by atoms with E-state index < -0.39 is 11.9 Å². The number of amides is 3. The van der Waals surface area contributed by atoms with Crippen LogP contribution < -0.4 is 20.9 Å². The number of carbonyl (C=O) groups is 3. The first-order valence-electron chi connectivity index (χ1n) is 17.8. The van der Waals surface area contributed by atoms with E-state index in [2.05, 4.69) is 74.7 Å². The van der Waals surface area contributed by atoms with Gasteiger partial charge in [-0.05, 0) is 89.8 Å². The number of hydrogen-bond donors (Lipinski definition) is 3. The van der Waals surface area contributed by atoms with Crippen molar-refractivity contribution in [1.29, 1.82) is 0 Å². The molecule has 2 fully saturated rings. The van der Waals surface area contributed by atoms with Crippen LogP contribution in [0.15, 0.2) is 96.0 Å². The average molecular weight is 785 g/mol. The van der Waals surface area contributed by atoms with Gasteiger partial charge in [-0.25, -0.2) is 9.97 Å². The van der Waals surface area contributed by atoms with E-state index in [1.54, 1.807) is 30.6 Å². The Morgan fingerprint density at radius 2 is 1.69 bits per heavy atom. The van der Waals surface area contributed by atoms with Crippen LogP contribution in [0.1, 0.15) is 47.6 Å². The number of fused-ring (bicyclic) bond motifs is 2. The fourth-order valence-electron chi connectivity index (χ4n) is 7.41. The number of benzene rings is 3. The summed E-state index contributed by atoms with van der Waals surface area (Å²) in [6.07, 6.45) is 9.87. The minimum absolute atomic E-state index is 0.206. The molecule has 0 aliphatic carbocycles. The first-order valence-corrected chi connectivity index (χ1v) is 18.6. The second kappa shape index (κ2) is 14.0. The van der Waals surface area contributed by atoms with Crippen molar-refractivity contribution in [1.82, 2.24) is 39.9 Å². The molecule has 0 radical (unpaired) electrons. The third-order valence-electron chi connectivity index (χ3n) is 10.2. The zero-order chi connectivity index (χ0) is 36.8. The predicted octanol–water partition coefficient (Wildman–Crippen LogP) is 6.14. The zero-order valence-corrected chi connectivity index (χ0v) is 30.5. The van der Waals surface area contributed by atoms with Gasteiger partial charge in [0, 0.05) is 76.7 Å². The Morgan fingerprint density at radius 1 is 0.852 bits per heavy atom. The lowest BCUT2D eigenvalue weighted by atomic mass is 10.0. The standard InChI is InChI=1S/C39H34BrN11O3/c40-29-4-2-6-31-36(29)46-32(20-42-31)23-19-43-51(21-23)26-14-17-49(18-15-26)25-9-7-24(8-10-25)44-39-41-16-13-34(47-39)45-30-5-1-3-27-28(30)22-50(38(27)54)33-11-12-35(52)48-37(33)53/h1-10,13,16,19-21,26,33H,11-12,14-15,17-18,22H2,(H,48,52,53)(H2,41,44,45,47). The lowest BCUT2D eigenvalue weighted by Crippen LogP contribution is -2.52. The minimum atomic E-state index is -0.680. The van der Waals surface area contributed by atoms with E-state index in [1.807, 2.05) is 42.6 Å². The monoisotopic (exact) mass is 783 g/mol. The Morgan fingerprint density at radius 3 is 2.52 bits per heavy atom. The summed E-state index contributed by atoms with van der Waals surface area (Å²) in [7, 11) is 0. The molecule has 6 heterocycles. The van der Waals surface area contributed by atoms with Gasteiger partial charge in [-0.3, -0.25) is 29.4 Å². The summed E-state index contributed by atoms with van der Waals surface area (Å²) in [5.74, 6) is -0.00566. The maximum Gasteiger partial charge on any atom is 0.255 e. The molecule has 15 heteroatoms. The number of anilines is 5. The summed E-state index contributed by atoms with van der Waals surface area (Å²) >= 11 is 3.59. The molecule has 14 nitrogen and oxygen atoms in total. The normalized spacial score (nSPS) is 17.5. The molecule has 3 aromatic heterocycles. The second-order valence-corrected chi connectivity index (χ2v) is 14.4. The van der Waals surface area contributed by atoms with Gasteiger partial charge in [-0.1, -0.05) is 12.1 Å². The zero-order valence-electron chi connectivity index (χ0n) is 28.9. The topological polar surface area (TPSA) is 163 Å². The maximum absolute atomic E-state index is 13.3. The van der Waals surface area contributed by atoms with Gasteiger partial charge in [-0.15, -0.1) is 0 Å². The molecule has 2 saturated heterocycles. The van der Waals surface area contributed by atoms with E-state index >= 15 is 0 Å². The van der Waals surface area contributed by atoms with Crippen LogP contribution in [0, 0.1) is 0 Å². The molecule has 1 unspecified atom stereocenters. The molecule has 6 aromatic rings. The number of nitrogens with zero attached hydrogens (tertiary/aromatic N) is 8. The summed E-state index contributed by atoms with van der Waals surface area (Å²) in [6, 6.07) is 20.9. The number of nitrogens with one attached hydrogen (secondary N) is 3. The van der Waals surface area contributed by atoms with Gasteiger partial charge in [0.15, 0.2) is 0 Å². The summed E-state index contributed by atoms with van der Waals surface area (Å²) in [4.78, 5) is 59.8. The number of piperidine rings is 2. The number of imide groups is 1. The molecule has 270 valence electrons. The molecule has 1 atom stereocenters. The van der Waals surface area contributed by atoms with Crippen LogP contribution in [-0.4, -0.2) is 71.5 Å². The first-order chi connectivity index (χ1) is 26.4. The Balaban J connectivity index is 0.812. The number of carbonyl (C=O) groups excluding carboxylic acids is 3. The number of halogens is 1. The minimum Gasteiger partial charge on any atom is -0.371 e. The highest BCUT2D eigenvalue weighted by Crippen LogP contribution is 2.34. The van der Waals surface area contributed by atoms with Crippen LogP contribution in [0.2, 0.25) is 0 Å². The van der Waals surface area contributed by atoms with E-state index in [-0.39, 0.29) is 24.8 Å². The summed E-state index contributed by atoms with van der Waals surface area (Å²) in [5.41, 5.74) is 7.46. The van der Waals surface area contributed by atoms with Crippen molar-refractivity contribution in [2.45, 2.75) is 44.3 Å². The fraction of sp³-hybridized carbons (Fsp3) is 0.231. The van der Waals surface area contributed by atoms with Crippen LogP contribution in [0.3, 0.4) is 0 Å². The molecule has 54 heavy (non-hydrogen) atoms. The number of hydrogen-bond acceptors (Lipinski definition) is 11. The molecular weight excluding hydrogens is 750 g/mol. The summed E-state index contributed by atoms with van der Waals surface area (Å²) < 4.78 is 2.98. The van der Waals surface area contributed by atoms with Crippen LogP contribution >= 0.6 is 15.9 Å². The molecule has 3 aliphatic rings. The molecule has 0 bridgehead atoms. The Kier molecular flexibility index (Phi) is 8.69. The van der Waals surface area contributed by atoms with Crippen molar-refractivity contribution in [3.8, 4) is 11.3 Å². The molecule has 3 amide bonds. The van der Waals surface area contributed by atoms with Crippen LogP contribution in [-0.2, 0) is 16.1 Å². The van der Waals surface area contributed by atoms with Crippen LogP contribution in [0.5, 0.6) is 0 Å². The van der Waals surface area contributed by atoms with Gasteiger partial charge in [0.1, 0.15) is 17.4 Å². The van der Waals surface area contributed by atoms with Crippen LogP contribution in [0.4, 0.5) is 28.8 Å². The molecule has 3 aliphatic heterocycles. The molecule has 9 rings (SSSR count). The lowest BCUT2D eigenvalue weighted by molar-refractivity contribution is -0.136. The predicted molar refractivity (Wildman–Crippen MR) is 206 cm³/mol. The highest BCUT2D eigenvalue weighted by Gasteiger charge is 2.40. The first kappa shape index (κ1) is 33.6.